The Morgan fingerprint density at radius 3 is 2.96 bits per heavy atom. The van der Waals surface area contributed by atoms with Gasteiger partial charge in [-0.25, -0.2) is 0 Å². The van der Waals surface area contributed by atoms with E-state index in [0.717, 1.165) is 25.1 Å². The molecule has 25 heavy (non-hydrogen) atoms. The van der Waals surface area contributed by atoms with Crippen LogP contribution in [0.3, 0.4) is 0 Å². The van der Waals surface area contributed by atoms with E-state index in [1.807, 2.05) is 24.3 Å². The van der Waals surface area contributed by atoms with Crippen LogP contribution in [0.25, 0.3) is 0 Å². The summed E-state index contributed by atoms with van der Waals surface area (Å²) in [5.41, 5.74) is 0.783. The summed E-state index contributed by atoms with van der Waals surface area (Å²) in [5.74, 6) is 0.440. The number of carbonyl (C=O) groups is 2. The fraction of sp³-hybridized carbons (Fsp3) is 0.556. The second-order valence-electron chi connectivity index (χ2n) is 6.21. The maximum Gasteiger partial charge on any atom is 0.249 e. The van der Waals surface area contributed by atoms with Crippen molar-refractivity contribution >= 4 is 17.5 Å². The molecule has 1 aromatic carbocycles. The minimum absolute atomic E-state index is 0.00764. The number of methoxy groups -OCH3 is 1. The predicted molar refractivity (Wildman–Crippen MR) is 91.7 cm³/mol. The number of rotatable bonds is 6. The van der Waals surface area contributed by atoms with Gasteiger partial charge in [0.15, 0.2) is 0 Å². The molecular weight excluding hydrogens is 324 g/mol. The van der Waals surface area contributed by atoms with Gasteiger partial charge in [-0.05, 0) is 25.0 Å². The quantitative estimate of drug-likeness (QED) is 0.769. The summed E-state index contributed by atoms with van der Waals surface area (Å²) in [4.78, 5) is 27.9. The van der Waals surface area contributed by atoms with Crippen molar-refractivity contribution in [2.45, 2.75) is 18.9 Å². The summed E-state index contributed by atoms with van der Waals surface area (Å²) in [5, 5.41) is 0. The Bertz CT molecular complexity index is 615. The average molecular weight is 348 g/mol. The molecule has 2 fully saturated rings. The van der Waals surface area contributed by atoms with Gasteiger partial charge in [0.2, 0.25) is 11.8 Å². The molecule has 3 rings (SSSR count). The second kappa shape index (κ2) is 8.31. The summed E-state index contributed by atoms with van der Waals surface area (Å²) in [7, 11) is 1.59. The van der Waals surface area contributed by atoms with Crippen molar-refractivity contribution in [3.8, 4) is 5.75 Å². The first-order valence-electron chi connectivity index (χ1n) is 8.59. The average Bonchev–Trinajstić information content (AvgIpc) is 3.15. The van der Waals surface area contributed by atoms with Crippen molar-refractivity contribution in [3.05, 3.63) is 24.3 Å². The molecule has 2 heterocycles. The van der Waals surface area contributed by atoms with Gasteiger partial charge in [0.05, 0.1) is 19.8 Å². The van der Waals surface area contributed by atoms with E-state index in [9.17, 15) is 9.59 Å². The monoisotopic (exact) mass is 348 g/mol. The molecule has 0 bridgehead atoms. The first-order chi connectivity index (χ1) is 12.2. The third kappa shape index (κ3) is 4.49. The van der Waals surface area contributed by atoms with Gasteiger partial charge < -0.3 is 24.0 Å². The van der Waals surface area contributed by atoms with Crippen molar-refractivity contribution in [1.82, 2.24) is 4.90 Å². The van der Waals surface area contributed by atoms with Crippen LogP contribution in [0.1, 0.15) is 12.8 Å². The lowest BCUT2D eigenvalue weighted by Gasteiger charge is -2.34. The van der Waals surface area contributed by atoms with Crippen LogP contribution in [0, 0.1) is 0 Å². The Balaban J connectivity index is 1.48. The highest BCUT2D eigenvalue weighted by atomic mass is 16.5. The maximum absolute atomic E-state index is 12.4. The van der Waals surface area contributed by atoms with E-state index in [2.05, 4.69) is 0 Å². The smallest absolute Gasteiger partial charge is 0.249 e. The van der Waals surface area contributed by atoms with Gasteiger partial charge in [0.25, 0.3) is 0 Å². The molecule has 0 saturated carbocycles. The molecular formula is C18H24N2O5. The van der Waals surface area contributed by atoms with E-state index >= 15 is 0 Å². The molecule has 0 aromatic heterocycles. The zero-order chi connectivity index (χ0) is 17.6. The lowest BCUT2D eigenvalue weighted by molar-refractivity contribution is -0.141. The van der Waals surface area contributed by atoms with Crippen molar-refractivity contribution in [2.75, 3.05) is 51.5 Å². The number of ether oxygens (including phenoxy) is 3. The van der Waals surface area contributed by atoms with Gasteiger partial charge >= 0.3 is 0 Å². The SMILES string of the molecule is COc1cccc(N2CCN(C(=O)COCC3CCCO3)CC2=O)c1. The van der Waals surface area contributed by atoms with Crippen molar-refractivity contribution in [2.24, 2.45) is 0 Å². The standard InChI is InChI=1S/C18H24N2O5/c1-23-15-5-2-4-14(10-15)20-8-7-19(11-17(20)21)18(22)13-24-12-16-6-3-9-25-16/h2,4-5,10,16H,3,6-9,11-13H2,1H3. The third-order valence-electron chi connectivity index (χ3n) is 4.49. The molecule has 2 saturated heterocycles. The molecule has 1 unspecified atom stereocenters. The van der Waals surface area contributed by atoms with Gasteiger partial charge in [0, 0.05) is 31.5 Å². The van der Waals surface area contributed by atoms with Gasteiger partial charge in [-0.1, -0.05) is 6.07 Å². The predicted octanol–water partition coefficient (Wildman–Crippen LogP) is 1.07. The highest BCUT2D eigenvalue weighted by Crippen LogP contribution is 2.22. The van der Waals surface area contributed by atoms with Crippen LogP contribution in [0.5, 0.6) is 5.75 Å². The summed E-state index contributed by atoms with van der Waals surface area (Å²) < 4.78 is 16.1. The second-order valence-corrected chi connectivity index (χ2v) is 6.21. The summed E-state index contributed by atoms with van der Waals surface area (Å²) in [6.45, 7) is 2.21. The Hall–Kier alpha value is -2.12. The zero-order valence-electron chi connectivity index (χ0n) is 14.5. The van der Waals surface area contributed by atoms with Crippen molar-refractivity contribution in [1.29, 1.82) is 0 Å². The number of nitrogens with zero attached hydrogens (tertiary/aromatic N) is 2. The van der Waals surface area contributed by atoms with Gasteiger partial charge in [-0.2, -0.15) is 0 Å². The summed E-state index contributed by atoms with van der Waals surface area (Å²) in [6, 6.07) is 7.36. The number of amides is 2. The van der Waals surface area contributed by atoms with E-state index in [0.29, 0.717) is 25.4 Å². The van der Waals surface area contributed by atoms with Gasteiger partial charge in [-0.3, -0.25) is 9.59 Å². The maximum atomic E-state index is 12.4. The molecule has 2 aliphatic heterocycles. The van der Waals surface area contributed by atoms with Crippen LogP contribution >= 0.6 is 0 Å². The highest BCUT2D eigenvalue weighted by molar-refractivity contribution is 5.98. The topological polar surface area (TPSA) is 68.3 Å². The molecule has 7 heteroatoms. The molecule has 0 spiro atoms. The summed E-state index contributed by atoms with van der Waals surface area (Å²) >= 11 is 0. The number of benzene rings is 1. The molecule has 136 valence electrons. The van der Waals surface area contributed by atoms with Gasteiger partial charge in [-0.15, -0.1) is 0 Å². The van der Waals surface area contributed by atoms with Crippen molar-refractivity contribution < 1.29 is 23.8 Å². The van der Waals surface area contributed by atoms with Crippen LogP contribution in [0.4, 0.5) is 5.69 Å². The van der Waals surface area contributed by atoms with Crippen LogP contribution in [0.2, 0.25) is 0 Å². The number of carbonyl (C=O) groups excluding carboxylic acids is 2. The number of hydrogen-bond donors (Lipinski definition) is 0. The minimum Gasteiger partial charge on any atom is -0.497 e. The molecule has 0 radical (unpaired) electrons. The van der Waals surface area contributed by atoms with Crippen LogP contribution < -0.4 is 9.64 Å². The van der Waals surface area contributed by atoms with Crippen molar-refractivity contribution in [3.63, 3.8) is 0 Å². The van der Waals surface area contributed by atoms with E-state index in [1.54, 1.807) is 16.9 Å². The molecule has 0 N–H and O–H groups in total. The van der Waals surface area contributed by atoms with Crippen LogP contribution in [0.15, 0.2) is 24.3 Å². The number of hydrogen-bond acceptors (Lipinski definition) is 5. The first-order valence-corrected chi connectivity index (χ1v) is 8.59. The van der Waals surface area contributed by atoms with E-state index < -0.39 is 0 Å². The Morgan fingerprint density at radius 2 is 2.24 bits per heavy atom. The molecule has 0 aliphatic carbocycles. The number of anilines is 1. The molecule has 2 aliphatic rings. The molecule has 2 amide bonds. The van der Waals surface area contributed by atoms with Crippen LogP contribution in [-0.2, 0) is 19.1 Å². The fourth-order valence-electron chi connectivity index (χ4n) is 3.08. The normalized spacial score (nSPS) is 20.8. The molecule has 7 nitrogen and oxygen atoms in total. The number of piperazine rings is 1. The lowest BCUT2D eigenvalue weighted by atomic mass is 10.2. The minimum atomic E-state index is -0.156. The third-order valence-corrected chi connectivity index (χ3v) is 4.49. The molecule has 1 aromatic rings. The zero-order valence-corrected chi connectivity index (χ0v) is 14.5. The van der Waals surface area contributed by atoms with E-state index in [-0.39, 0.29) is 31.1 Å². The van der Waals surface area contributed by atoms with Gasteiger partial charge in [0.1, 0.15) is 18.9 Å². The van der Waals surface area contributed by atoms with Crippen LogP contribution in [-0.4, -0.2) is 69.4 Å². The van der Waals surface area contributed by atoms with E-state index in [4.69, 9.17) is 14.2 Å². The Kier molecular flexibility index (Phi) is 5.88. The first kappa shape index (κ1) is 17.7. The molecule has 1 atom stereocenters. The highest BCUT2D eigenvalue weighted by Gasteiger charge is 2.28. The fourth-order valence-corrected chi connectivity index (χ4v) is 3.08. The van der Waals surface area contributed by atoms with E-state index in [1.165, 1.54) is 0 Å². The Morgan fingerprint density at radius 1 is 1.36 bits per heavy atom. The largest absolute Gasteiger partial charge is 0.497 e. The summed E-state index contributed by atoms with van der Waals surface area (Å²) in [6.07, 6.45) is 2.12. The lowest BCUT2D eigenvalue weighted by Crippen LogP contribution is -2.53. The Labute approximate surface area is 147 Å².